The molecule has 2 unspecified atom stereocenters. The van der Waals surface area contributed by atoms with Crippen LogP contribution in [0.3, 0.4) is 0 Å². The SMILES string of the molecule is CCC[C@@H](c1coc2c(CO[Si](C)(C)C(C)(C)C)c(OCc3ccccc3)c(CC(C)C)cc12)C1CC(O[Si](C)(C)C(C)(C)C)[C@@]2(O[C@@H]2CC)C(=O)O1. The lowest BCUT2D eigenvalue weighted by atomic mass is 9.81. The number of ether oxygens (including phenoxy) is 3. The molecule has 2 aromatic carbocycles. The van der Waals surface area contributed by atoms with Crippen LogP contribution in [0.5, 0.6) is 5.75 Å². The molecule has 53 heavy (non-hydrogen) atoms. The molecule has 1 spiro atoms. The molecule has 2 aliphatic rings. The van der Waals surface area contributed by atoms with E-state index in [9.17, 15) is 4.79 Å². The van der Waals surface area contributed by atoms with Crippen LogP contribution in [0, 0.1) is 5.92 Å². The van der Waals surface area contributed by atoms with Gasteiger partial charge in [-0.25, -0.2) is 4.79 Å². The van der Waals surface area contributed by atoms with E-state index in [0.29, 0.717) is 25.6 Å². The van der Waals surface area contributed by atoms with E-state index in [-0.39, 0.29) is 40.3 Å². The summed E-state index contributed by atoms with van der Waals surface area (Å²) in [7, 11) is -4.38. The number of hydrogen-bond donors (Lipinski definition) is 0. The van der Waals surface area contributed by atoms with Gasteiger partial charge in [0, 0.05) is 23.3 Å². The zero-order chi connectivity index (χ0) is 39.1. The smallest absolute Gasteiger partial charge is 0.344 e. The van der Waals surface area contributed by atoms with Crippen LogP contribution in [-0.4, -0.2) is 46.5 Å². The molecule has 0 amide bonds. The van der Waals surface area contributed by atoms with Crippen LogP contribution >= 0.6 is 0 Å². The third-order valence-electron chi connectivity index (χ3n) is 12.6. The summed E-state index contributed by atoms with van der Waals surface area (Å²) in [4.78, 5) is 14.1. The molecule has 5 rings (SSSR count). The largest absolute Gasteiger partial charge is 0.488 e. The summed E-state index contributed by atoms with van der Waals surface area (Å²) in [6.45, 7) is 32.2. The van der Waals surface area contributed by atoms with Gasteiger partial charge in [-0.2, -0.15) is 0 Å². The summed E-state index contributed by atoms with van der Waals surface area (Å²) in [6, 6.07) is 12.6. The number of carbonyl (C=O) groups excluding carboxylic acids is 1. The van der Waals surface area contributed by atoms with Crippen molar-refractivity contribution in [3.63, 3.8) is 0 Å². The fraction of sp³-hybridized carbons (Fsp3) is 0.659. The van der Waals surface area contributed by atoms with E-state index in [1.54, 1.807) is 0 Å². The number of cyclic esters (lactones) is 1. The van der Waals surface area contributed by atoms with Gasteiger partial charge in [-0.15, -0.1) is 0 Å². The number of epoxide rings is 1. The molecule has 3 aromatic rings. The number of fused-ring (bicyclic) bond motifs is 1. The molecule has 0 radical (unpaired) electrons. The minimum Gasteiger partial charge on any atom is -0.488 e. The van der Waals surface area contributed by atoms with E-state index in [2.05, 4.69) is 114 Å². The lowest BCUT2D eigenvalue weighted by Crippen LogP contribution is -2.57. The Kier molecular flexibility index (Phi) is 12.3. The molecule has 294 valence electrons. The first kappa shape index (κ1) is 41.7. The Morgan fingerprint density at radius 3 is 2.17 bits per heavy atom. The van der Waals surface area contributed by atoms with Crippen molar-refractivity contribution in [2.45, 2.75) is 181 Å². The van der Waals surface area contributed by atoms with Crippen molar-refractivity contribution in [1.29, 1.82) is 0 Å². The van der Waals surface area contributed by atoms with Crippen LogP contribution in [0.15, 0.2) is 47.1 Å². The van der Waals surface area contributed by atoms with Crippen molar-refractivity contribution in [2.24, 2.45) is 5.92 Å². The molecular weight excluding hydrogens is 697 g/mol. The molecule has 2 fully saturated rings. The number of hydrogen-bond acceptors (Lipinski definition) is 7. The number of rotatable bonds is 15. The molecule has 1 aromatic heterocycles. The predicted octanol–water partition coefficient (Wildman–Crippen LogP) is 11.9. The quantitative estimate of drug-likeness (QED) is 0.0866. The maximum absolute atomic E-state index is 14.1. The maximum Gasteiger partial charge on any atom is 0.344 e. The molecule has 2 saturated heterocycles. The van der Waals surface area contributed by atoms with Crippen molar-refractivity contribution in [2.75, 3.05) is 0 Å². The van der Waals surface area contributed by atoms with E-state index in [4.69, 9.17) is 27.5 Å². The Morgan fingerprint density at radius 2 is 1.60 bits per heavy atom. The van der Waals surface area contributed by atoms with Gasteiger partial charge < -0.3 is 27.5 Å². The minimum absolute atomic E-state index is 0.0127. The summed E-state index contributed by atoms with van der Waals surface area (Å²) >= 11 is 0. The van der Waals surface area contributed by atoms with Gasteiger partial charge in [-0.1, -0.05) is 106 Å². The van der Waals surface area contributed by atoms with Gasteiger partial charge in [0.25, 0.3) is 0 Å². The van der Waals surface area contributed by atoms with E-state index in [1.807, 2.05) is 24.5 Å². The number of benzene rings is 2. The molecule has 7 nitrogen and oxygen atoms in total. The third kappa shape index (κ3) is 8.54. The predicted molar refractivity (Wildman–Crippen MR) is 220 cm³/mol. The summed E-state index contributed by atoms with van der Waals surface area (Å²) in [5.74, 6) is 0.895. The zero-order valence-corrected chi connectivity index (χ0v) is 37.2. The number of furan rings is 1. The molecule has 0 saturated carbocycles. The van der Waals surface area contributed by atoms with E-state index in [0.717, 1.165) is 64.7 Å². The Balaban J connectivity index is 1.61. The van der Waals surface area contributed by atoms with Gasteiger partial charge in [-0.3, -0.25) is 0 Å². The van der Waals surface area contributed by atoms with Crippen LogP contribution in [0.4, 0.5) is 0 Å². The standard InChI is InChI=1S/C44H68O7Si2/c1-15-20-32(36-25-38(51-53(13,14)43(8,9)10)44(41(45)49-36)37(16-2)50-44)34-27-47-40-33(34)24-31(23-29(3)4)39(46-26-30-21-18-17-19-22-30)35(40)28-48-52(11,12)42(5,6)7/h17-19,21-22,24,27,29,32,36-38H,15-16,20,23,25-26,28H2,1-14H3/t32-,36?,37+,38?,44+/m0/s1. The lowest BCUT2D eigenvalue weighted by molar-refractivity contribution is -0.173. The average molecular weight is 765 g/mol. The monoisotopic (exact) mass is 764 g/mol. The first-order chi connectivity index (χ1) is 24.7. The van der Waals surface area contributed by atoms with Gasteiger partial charge in [0.15, 0.2) is 16.6 Å². The Labute approximate surface area is 322 Å². The number of carbonyl (C=O) groups is 1. The van der Waals surface area contributed by atoms with E-state index >= 15 is 0 Å². The lowest BCUT2D eigenvalue weighted by Gasteiger charge is -2.44. The first-order valence-corrected chi connectivity index (χ1v) is 25.9. The van der Waals surface area contributed by atoms with Crippen LogP contribution in [-0.2, 0) is 42.8 Å². The van der Waals surface area contributed by atoms with Crippen LogP contribution in [0.2, 0.25) is 36.3 Å². The van der Waals surface area contributed by atoms with E-state index < -0.39 is 22.2 Å². The summed E-state index contributed by atoms with van der Waals surface area (Å²) in [5.41, 5.74) is 4.05. The highest BCUT2D eigenvalue weighted by Gasteiger charge is 2.71. The fourth-order valence-corrected chi connectivity index (χ4v) is 9.58. The molecule has 0 bridgehead atoms. The van der Waals surface area contributed by atoms with Crippen molar-refractivity contribution < 1.29 is 32.3 Å². The van der Waals surface area contributed by atoms with Crippen LogP contribution in [0.1, 0.15) is 123 Å². The van der Waals surface area contributed by atoms with Gasteiger partial charge in [0.05, 0.1) is 24.5 Å². The molecule has 0 N–H and O–H groups in total. The average Bonchev–Trinajstić information content (AvgIpc) is 3.66. The molecule has 3 heterocycles. The van der Waals surface area contributed by atoms with Crippen molar-refractivity contribution in [1.82, 2.24) is 0 Å². The van der Waals surface area contributed by atoms with Crippen molar-refractivity contribution >= 4 is 33.6 Å². The molecule has 2 aliphatic heterocycles. The third-order valence-corrected chi connectivity index (χ3v) is 21.5. The van der Waals surface area contributed by atoms with Crippen molar-refractivity contribution in [3.8, 4) is 5.75 Å². The van der Waals surface area contributed by atoms with Gasteiger partial charge in [0.2, 0.25) is 5.60 Å². The van der Waals surface area contributed by atoms with Crippen LogP contribution in [0.25, 0.3) is 11.0 Å². The summed E-state index contributed by atoms with van der Waals surface area (Å²) in [5, 5.41) is 1.08. The second kappa shape index (κ2) is 15.6. The Morgan fingerprint density at radius 1 is 0.943 bits per heavy atom. The number of esters is 1. The topological polar surface area (TPSA) is 79.7 Å². The Hall–Kier alpha value is -2.44. The minimum atomic E-state index is -2.24. The Bertz CT molecular complexity index is 1720. The highest BCUT2D eigenvalue weighted by atomic mass is 28.4. The fourth-order valence-electron chi connectivity index (χ4n) is 7.30. The molecule has 5 atom stereocenters. The van der Waals surface area contributed by atoms with Gasteiger partial charge >= 0.3 is 5.97 Å². The molecule has 0 aliphatic carbocycles. The normalized spacial score (nSPS) is 23.2. The second-order valence-electron chi connectivity index (χ2n) is 19.1. The first-order valence-electron chi connectivity index (χ1n) is 20.1. The summed E-state index contributed by atoms with van der Waals surface area (Å²) < 4.78 is 40.1. The molecular formula is C44H68O7Si2. The van der Waals surface area contributed by atoms with Crippen molar-refractivity contribution in [3.05, 3.63) is 64.9 Å². The van der Waals surface area contributed by atoms with Gasteiger partial charge in [0.1, 0.15) is 30.1 Å². The summed E-state index contributed by atoms with van der Waals surface area (Å²) in [6.07, 6.45) is 4.93. The van der Waals surface area contributed by atoms with Gasteiger partial charge in [-0.05, 0) is 78.6 Å². The maximum atomic E-state index is 14.1. The zero-order valence-electron chi connectivity index (χ0n) is 35.2. The molecule has 9 heteroatoms. The highest BCUT2D eigenvalue weighted by Crippen LogP contribution is 2.53. The second-order valence-corrected chi connectivity index (χ2v) is 28.6. The highest BCUT2D eigenvalue weighted by molar-refractivity contribution is 6.74. The van der Waals surface area contributed by atoms with E-state index in [1.165, 1.54) is 0 Å². The van der Waals surface area contributed by atoms with Crippen LogP contribution < -0.4 is 4.74 Å².